The van der Waals surface area contributed by atoms with Crippen molar-refractivity contribution in [1.82, 2.24) is 9.03 Å². The van der Waals surface area contributed by atoms with Crippen LogP contribution in [0.4, 0.5) is 0 Å². The van der Waals surface area contributed by atoms with Crippen LogP contribution in [0.2, 0.25) is 0 Å². The van der Waals surface area contributed by atoms with Gasteiger partial charge in [-0.05, 0) is 24.3 Å². The van der Waals surface area contributed by atoms with Crippen LogP contribution in [0.5, 0.6) is 0 Å². The van der Waals surface area contributed by atoms with Gasteiger partial charge >= 0.3 is 0 Å². The maximum Gasteiger partial charge on any atom is 0.280 e. The quantitative estimate of drug-likeness (QED) is 0.860. The van der Waals surface area contributed by atoms with Crippen LogP contribution in [0, 0.1) is 5.92 Å². The number of aliphatic hydroxyl groups is 1. The van der Waals surface area contributed by atoms with Crippen molar-refractivity contribution in [2.24, 2.45) is 5.92 Å². The zero-order valence-electron chi connectivity index (χ0n) is 11.7. The number of aliphatic hydroxyl groups excluding tert-OH is 1. The molecule has 1 fully saturated rings. The van der Waals surface area contributed by atoms with Crippen LogP contribution in [0.1, 0.15) is 31.4 Å². The fraction of sp³-hybridized carbons (Fsp3) is 0.571. The van der Waals surface area contributed by atoms with E-state index in [0.717, 1.165) is 18.4 Å². The third kappa shape index (κ3) is 3.79. The predicted octanol–water partition coefficient (Wildman–Crippen LogP) is 1.29. The summed E-state index contributed by atoms with van der Waals surface area (Å²) in [5.41, 5.74) is 0.768. The molecule has 5 nitrogen and oxygen atoms in total. The summed E-state index contributed by atoms with van der Waals surface area (Å²) < 4.78 is 28.7. The summed E-state index contributed by atoms with van der Waals surface area (Å²) in [7, 11) is -3.54. The Morgan fingerprint density at radius 3 is 2.45 bits per heavy atom. The molecule has 0 spiro atoms. The minimum atomic E-state index is -3.54. The predicted molar refractivity (Wildman–Crippen MR) is 78.3 cm³/mol. The maximum atomic E-state index is 12.3. The van der Waals surface area contributed by atoms with Crippen LogP contribution in [0.15, 0.2) is 30.3 Å². The van der Waals surface area contributed by atoms with Crippen LogP contribution >= 0.6 is 0 Å². The first-order valence-corrected chi connectivity index (χ1v) is 8.40. The minimum Gasteiger partial charge on any atom is -0.394 e. The van der Waals surface area contributed by atoms with Gasteiger partial charge in [-0.25, -0.2) is 0 Å². The zero-order valence-corrected chi connectivity index (χ0v) is 12.5. The highest BCUT2D eigenvalue weighted by molar-refractivity contribution is 7.87. The Morgan fingerprint density at radius 1 is 1.30 bits per heavy atom. The number of nitrogens with one attached hydrogen (secondary N) is 1. The van der Waals surface area contributed by atoms with Crippen LogP contribution in [-0.2, 0) is 10.2 Å². The van der Waals surface area contributed by atoms with Gasteiger partial charge in [-0.2, -0.15) is 17.4 Å². The van der Waals surface area contributed by atoms with Crippen molar-refractivity contribution in [1.29, 1.82) is 0 Å². The molecule has 1 heterocycles. The Kier molecular flexibility index (Phi) is 5.15. The molecule has 0 aliphatic carbocycles. The summed E-state index contributed by atoms with van der Waals surface area (Å²) in [6.45, 7) is 2.97. The molecule has 0 amide bonds. The van der Waals surface area contributed by atoms with Gasteiger partial charge in [0.25, 0.3) is 10.2 Å². The van der Waals surface area contributed by atoms with Crippen molar-refractivity contribution in [2.45, 2.75) is 25.8 Å². The molecule has 1 aliphatic rings. The topological polar surface area (TPSA) is 69.6 Å². The van der Waals surface area contributed by atoms with E-state index in [1.165, 1.54) is 4.31 Å². The van der Waals surface area contributed by atoms with Gasteiger partial charge in [0.15, 0.2) is 0 Å². The smallest absolute Gasteiger partial charge is 0.280 e. The molecule has 1 saturated heterocycles. The highest BCUT2D eigenvalue weighted by atomic mass is 32.2. The van der Waals surface area contributed by atoms with Gasteiger partial charge in [0.1, 0.15) is 0 Å². The van der Waals surface area contributed by atoms with Crippen molar-refractivity contribution in [3.8, 4) is 0 Å². The Hall–Kier alpha value is -0.950. The van der Waals surface area contributed by atoms with Crippen molar-refractivity contribution in [2.75, 3.05) is 19.7 Å². The van der Waals surface area contributed by atoms with E-state index in [1.807, 2.05) is 30.3 Å². The normalized spacial score (nSPS) is 19.9. The molecule has 1 aliphatic heterocycles. The van der Waals surface area contributed by atoms with Gasteiger partial charge in [0, 0.05) is 13.1 Å². The van der Waals surface area contributed by atoms with Crippen molar-refractivity contribution in [3.05, 3.63) is 35.9 Å². The lowest BCUT2D eigenvalue weighted by molar-refractivity contribution is 0.249. The van der Waals surface area contributed by atoms with Gasteiger partial charge in [-0.3, -0.25) is 0 Å². The molecule has 2 rings (SSSR count). The molecule has 1 aromatic rings. The standard InChI is InChI=1S/C14H22N2O3S/c1-12-7-9-16(10-8-12)20(18,19)15-14(11-17)13-5-3-2-4-6-13/h2-6,12,14-15,17H,7-11H2,1H3. The van der Waals surface area contributed by atoms with Crippen molar-refractivity contribution < 1.29 is 13.5 Å². The van der Waals surface area contributed by atoms with E-state index in [4.69, 9.17) is 0 Å². The van der Waals surface area contributed by atoms with Crippen LogP contribution < -0.4 is 4.72 Å². The van der Waals surface area contributed by atoms with E-state index >= 15 is 0 Å². The van der Waals surface area contributed by atoms with Gasteiger partial charge in [0.05, 0.1) is 12.6 Å². The second kappa shape index (κ2) is 6.67. The first-order chi connectivity index (χ1) is 9.53. The van der Waals surface area contributed by atoms with Gasteiger partial charge < -0.3 is 5.11 Å². The molecule has 20 heavy (non-hydrogen) atoms. The largest absolute Gasteiger partial charge is 0.394 e. The Morgan fingerprint density at radius 2 is 1.90 bits per heavy atom. The van der Waals surface area contributed by atoms with Crippen molar-refractivity contribution >= 4 is 10.2 Å². The van der Waals surface area contributed by atoms with Gasteiger partial charge in [-0.1, -0.05) is 37.3 Å². The molecule has 0 radical (unpaired) electrons. The van der Waals surface area contributed by atoms with E-state index in [9.17, 15) is 13.5 Å². The summed E-state index contributed by atoms with van der Waals surface area (Å²) in [5, 5.41) is 9.44. The van der Waals surface area contributed by atoms with Gasteiger partial charge in [-0.15, -0.1) is 0 Å². The third-order valence-corrected chi connectivity index (χ3v) is 5.39. The first kappa shape index (κ1) is 15.4. The first-order valence-electron chi connectivity index (χ1n) is 6.96. The summed E-state index contributed by atoms with van der Waals surface area (Å²) in [4.78, 5) is 0. The van der Waals surface area contributed by atoms with E-state index in [1.54, 1.807) is 0 Å². The van der Waals surface area contributed by atoms with Crippen LogP contribution in [0.3, 0.4) is 0 Å². The van der Waals surface area contributed by atoms with E-state index < -0.39 is 16.3 Å². The lowest BCUT2D eigenvalue weighted by atomic mass is 10.0. The Bertz CT molecular complexity index is 510. The lowest BCUT2D eigenvalue weighted by Gasteiger charge is -2.30. The molecule has 0 bridgehead atoms. The minimum absolute atomic E-state index is 0.256. The molecule has 2 N–H and O–H groups in total. The molecule has 6 heteroatoms. The number of hydrogen-bond donors (Lipinski definition) is 2. The highest BCUT2D eigenvalue weighted by Crippen LogP contribution is 2.20. The maximum absolute atomic E-state index is 12.3. The molecular formula is C14H22N2O3S. The van der Waals surface area contributed by atoms with Crippen LogP contribution in [-0.4, -0.2) is 37.5 Å². The third-order valence-electron chi connectivity index (χ3n) is 3.76. The second-order valence-electron chi connectivity index (χ2n) is 5.35. The average molecular weight is 298 g/mol. The number of hydrogen-bond acceptors (Lipinski definition) is 3. The van der Waals surface area contributed by atoms with E-state index in [0.29, 0.717) is 19.0 Å². The molecule has 1 aromatic carbocycles. The highest BCUT2D eigenvalue weighted by Gasteiger charge is 2.28. The van der Waals surface area contributed by atoms with Gasteiger partial charge in [0.2, 0.25) is 0 Å². The van der Waals surface area contributed by atoms with Crippen molar-refractivity contribution in [3.63, 3.8) is 0 Å². The Balaban J connectivity index is 2.06. The zero-order chi connectivity index (χ0) is 14.6. The second-order valence-corrected chi connectivity index (χ2v) is 7.05. The summed E-state index contributed by atoms with van der Waals surface area (Å²) in [6.07, 6.45) is 1.77. The fourth-order valence-corrected chi connectivity index (χ4v) is 3.79. The van der Waals surface area contributed by atoms with Crippen LogP contribution in [0.25, 0.3) is 0 Å². The summed E-state index contributed by atoms with van der Waals surface area (Å²) >= 11 is 0. The number of rotatable bonds is 5. The molecule has 0 aromatic heterocycles. The van der Waals surface area contributed by atoms with E-state index in [2.05, 4.69) is 11.6 Å². The molecule has 0 saturated carbocycles. The summed E-state index contributed by atoms with van der Waals surface area (Å²) in [6, 6.07) is 8.53. The summed E-state index contributed by atoms with van der Waals surface area (Å²) in [5.74, 6) is 0.573. The monoisotopic (exact) mass is 298 g/mol. The van der Waals surface area contributed by atoms with E-state index in [-0.39, 0.29) is 6.61 Å². The number of piperidine rings is 1. The molecular weight excluding hydrogens is 276 g/mol. The molecule has 1 atom stereocenters. The molecule has 112 valence electrons. The fourth-order valence-electron chi connectivity index (χ4n) is 2.38. The average Bonchev–Trinajstić information content (AvgIpc) is 2.46. The lowest BCUT2D eigenvalue weighted by Crippen LogP contribution is -2.46. The molecule has 1 unspecified atom stereocenters. The SMILES string of the molecule is CC1CCN(S(=O)(=O)NC(CO)c2ccccc2)CC1. The number of benzene rings is 1. The Labute approximate surface area is 120 Å². The number of nitrogens with zero attached hydrogens (tertiary/aromatic N) is 1.